The van der Waals surface area contributed by atoms with Crippen LogP contribution in [0, 0.1) is 0 Å². The van der Waals surface area contributed by atoms with E-state index in [1.54, 1.807) is 0 Å². The van der Waals surface area contributed by atoms with Gasteiger partial charge in [0.15, 0.2) is 0 Å². The Morgan fingerprint density at radius 2 is 2.54 bits per heavy atom. The van der Waals surface area contributed by atoms with E-state index in [0.717, 1.165) is 12.2 Å². The number of hydrogen-bond donors (Lipinski definition) is 2. The van der Waals surface area contributed by atoms with Gasteiger partial charge in [0.05, 0.1) is 11.9 Å². The predicted molar refractivity (Wildman–Crippen MR) is 52.7 cm³/mol. The van der Waals surface area contributed by atoms with Gasteiger partial charge in [0.1, 0.15) is 0 Å². The SMILES string of the molecule is CC1CC(Nc2cn[nH]c2)CN1C. The Labute approximate surface area is 78.3 Å². The second-order valence-corrected chi connectivity index (χ2v) is 3.85. The second kappa shape index (κ2) is 3.38. The summed E-state index contributed by atoms with van der Waals surface area (Å²) in [5, 5.41) is 10.1. The van der Waals surface area contributed by atoms with Crippen molar-refractivity contribution in [3.8, 4) is 0 Å². The molecule has 1 saturated heterocycles. The van der Waals surface area contributed by atoms with Crippen molar-refractivity contribution in [1.82, 2.24) is 15.1 Å². The van der Waals surface area contributed by atoms with Crippen LogP contribution < -0.4 is 5.32 Å². The molecule has 1 aromatic heterocycles. The van der Waals surface area contributed by atoms with Crippen molar-refractivity contribution in [2.45, 2.75) is 25.4 Å². The molecular weight excluding hydrogens is 164 g/mol. The smallest absolute Gasteiger partial charge is 0.0726 e. The molecule has 0 saturated carbocycles. The van der Waals surface area contributed by atoms with Crippen molar-refractivity contribution >= 4 is 5.69 Å². The van der Waals surface area contributed by atoms with Crippen LogP contribution in [0.5, 0.6) is 0 Å². The first kappa shape index (κ1) is 8.56. The van der Waals surface area contributed by atoms with Gasteiger partial charge in [0.25, 0.3) is 0 Å². The molecule has 4 nitrogen and oxygen atoms in total. The first-order chi connectivity index (χ1) is 6.25. The summed E-state index contributed by atoms with van der Waals surface area (Å²) in [4.78, 5) is 2.37. The minimum Gasteiger partial charge on any atom is -0.378 e. The van der Waals surface area contributed by atoms with E-state index in [2.05, 4.69) is 34.4 Å². The molecular formula is C9H16N4. The lowest BCUT2D eigenvalue weighted by Gasteiger charge is -2.12. The van der Waals surface area contributed by atoms with E-state index in [1.807, 2.05) is 12.4 Å². The monoisotopic (exact) mass is 180 g/mol. The van der Waals surface area contributed by atoms with E-state index in [9.17, 15) is 0 Å². The van der Waals surface area contributed by atoms with Crippen molar-refractivity contribution in [1.29, 1.82) is 0 Å². The van der Waals surface area contributed by atoms with E-state index in [0.29, 0.717) is 12.1 Å². The van der Waals surface area contributed by atoms with Crippen LogP contribution in [0.3, 0.4) is 0 Å². The highest BCUT2D eigenvalue weighted by molar-refractivity contribution is 5.39. The highest BCUT2D eigenvalue weighted by Gasteiger charge is 2.25. The van der Waals surface area contributed by atoms with E-state index >= 15 is 0 Å². The molecule has 13 heavy (non-hydrogen) atoms. The summed E-state index contributed by atoms with van der Waals surface area (Å²) in [6.07, 6.45) is 4.92. The number of likely N-dealkylation sites (N-methyl/N-ethyl adjacent to an activating group) is 1. The van der Waals surface area contributed by atoms with E-state index in [-0.39, 0.29) is 0 Å². The molecule has 2 N–H and O–H groups in total. The maximum Gasteiger partial charge on any atom is 0.0726 e. The Morgan fingerprint density at radius 3 is 3.08 bits per heavy atom. The van der Waals surface area contributed by atoms with Crippen LogP contribution in [0.15, 0.2) is 12.4 Å². The minimum atomic E-state index is 0.567. The molecule has 72 valence electrons. The lowest BCUT2D eigenvalue weighted by atomic mass is 10.2. The lowest BCUT2D eigenvalue weighted by molar-refractivity contribution is 0.330. The van der Waals surface area contributed by atoms with Gasteiger partial charge in [-0.05, 0) is 20.4 Å². The number of anilines is 1. The maximum absolute atomic E-state index is 3.90. The van der Waals surface area contributed by atoms with E-state index < -0.39 is 0 Å². The number of H-pyrrole nitrogens is 1. The fourth-order valence-electron chi connectivity index (χ4n) is 1.86. The number of likely N-dealkylation sites (tertiary alicyclic amines) is 1. The highest BCUT2D eigenvalue weighted by Crippen LogP contribution is 2.18. The number of nitrogens with one attached hydrogen (secondary N) is 2. The quantitative estimate of drug-likeness (QED) is 0.711. The molecule has 0 spiro atoms. The van der Waals surface area contributed by atoms with Gasteiger partial charge in [-0.15, -0.1) is 0 Å². The Kier molecular flexibility index (Phi) is 2.22. The van der Waals surface area contributed by atoms with Gasteiger partial charge in [-0.1, -0.05) is 0 Å². The van der Waals surface area contributed by atoms with Gasteiger partial charge in [0, 0.05) is 24.8 Å². The van der Waals surface area contributed by atoms with Crippen molar-refractivity contribution in [3.63, 3.8) is 0 Å². The largest absolute Gasteiger partial charge is 0.378 e. The predicted octanol–water partition coefficient (Wildman–Crippen LogP) is 0.914. The zero-order valence-corrected chi connectivity index (χ0v) is 8.12. The van der Waals surface area contributed by atoms with Gasteiger partial charge < -0.3 is 10.2 Å². The lowest BCUT2D eigenvalue weighted by Crippen LogP contribution is -2.24. The van der Waals surface area contributed by atoms with Gasteiger partial charge in [-0.3, -0.25) is 5.10 Å². The molecule has 1 fully saturated rings. The average Bonchev–Trinajstić information content (AvgIpc) is 2.64. The third-order valence-electron chi connectivity index (χ3n) is 2.76. The molecule has 1 aliphatic heterocycles. The Bertz CT molecular complexity index is 247. The first-order valence-electron chi connectivity index (χ1n) is 4.71. The molecule has 0 radical (unpaired) electrons. The molecule has 0 bridgehead atoms. The normalized spacial score (nSPS) is 29.4. The van der Waals surface area contributed by atoms with Crippen LogP contribution in [-0.2, 0) is 0 Å². The fourth-order valence-corrected chi connectivity index (χ4v) is 1.86. The van der Waals surface area contributed by atoms with Crippen LogP contribution in [0.1, 0.15) is 13.3 Å². The molecule has 0 aliphatic carbocycles. The summed E-state index contributed by atoms with van der Waals surface area (Å²) >= 11 is 0. The molecule has 1 aliphatic rings. The summed E-state index contributed by atoms with van der Waals surface area (Å²) in [6.45, 7) is 3.38. The first-order valence-corrected chi connectivity index (χ1v) is 4.71. The van der Waals surface area contributed by atoms with Crippen LogP contribution in [0.25, 0.3) is 0 Å². The molecule has 0 aromatic carbocycles. The summed E-state index contributed by atoms with van der Waals surface area (Å²) in [5.41, 5.74) is 1.09. The number of aromatic nitrogens is 2. The number of hydrogen-bond acceptors (Lipinski definition) is 3. The molecule has 1 aromatic rings. The number of aromatic amines is 1. The third kappa shape index (κ3) is 1.83. The van der Waals surface area contributed by atoms with E-state index in [4.69, 9.17) is 0 Å². The van der Waals surface area contributed by atoms with Crippen LogP contribution in [0.2, 0.25) is 0 Å². The van der Waals surface area contributed by atoms with E-state index in [1.165, 1.54) is 6.42 Å². The van der Waals surface area contributed by atoms with Gasteiger partial charge >= 0.3 is 0 Å². The molecule has 2 rings (SSSR count). The summed E-state index contributed by atoms with van der Waals surface area (Å²) in [5.74, 6) is 0. The Hall–Kier alpha value is -1.03. The molecule has 2 atom stereocenters. The Balaban J connectivity index is 1.91. The summed E-state index contributed by atoms with van der Waals surface area (Å²) < 4.78 is 0. The summed E-state index contributed by atoms with van der Waals surface area (Å²) in [6, 6.07) is 1.25. The molecule has 4 heteroatoms. The maximum atomic E-state index is 3.90. The Morgan fingerprint density at radius 1 is 1.69 bits per heavy atom. The van der Waals surface area contributed by atoms with Gasteiger partial charge in [-0.2, -0.15) is 5.10 Å². The van der Waals surface area contributed by atoms with Crippen LogP contribution >= 0.6 is 0 Å². The van der Waals surface area contributed by atoms with Gasteiger partial charge in [-0.25, -0.2) is 0 Å². The molecule has 2 unspecified atom stereocenters. The molecule has 0 amide bonds. The average molecular weight is 180 g/mol. The topological polar surface area (TPSA) is 44.0 Å². The van der Waals surface area contributed by atoms with Crippen molar-refractivity contribution < 1.29 is 0 Å². The number of nitrogens with zero attached hydrogens (tertiary/aromatic N) is 2. The standard InChI is InChI=1S/C9H16N4/c1-7-3-8(6-13(7)2)12-9-4-10-11-5-9/h4-5,7-8,12H,3,6H2,1-2H3,(H,10,11). The van der Waals surface area contributed by atoms with Crippen LogP contribution in [-0.4, -0.2) is 40.8 Å². The number of rotatable bonds is 2. The van der Waals surface area contributed by atoms with Crippen molar-refractivity contribution in [2.24, 2.45) is 0 Å². The van der Waals surface area contributed by atoms with Crippen molar-refractivity contribution in [3.05, 3.63) is 12.4 Å². The zero-order valence-electron chi connectivity index (χ0n) is 8.12. The van der Waals surface area contributed by atoms with Crippen LogP contribution in [0.4, 0.5) is 5.69 Å². The van der Waals surface area contributed by atoms with Crippen molar-refractivity contribution in [2.75, 3.05) is 18.9 Å². The fraction of sp³-hybridized carbons (Fsp3) is 0.667. The second-order valence-electron chi connectivity index (χ2n) is 3.85. The molecule has 2 heterocycles. The van der Waals surface area contributed by atoms with Gasteiger partial charge in [0.2, 0.25) is 0 Å². The summed E-state index contributed by atoms with van der Waals surface area (Å²) in [7, 11) is 2.17. The highest BCUT2D eigenvalue weighted by atomic mass is 15.2. The minimum absolute atomic E-state index is 0.567. The zero-order chi connectivity index (χ0) is 9.26. The third-order valence-corrected chi connectivity index (χ3v) is 2.76.